The normalized spacial score (nSPS) is 13.4. The Hall–Kier alpha value is -2.52. The molecule has 3 aromatic carbocycles. The number of phenols is 1. The Balaban J connectivity index is 1.64. The van der Waals surface area contributed by atoms with Gasteiger partial charge in [0, 0.05) is 35.3 Å². The van der Waals surface area contributed by atoms with Crippen LogP contribution in [0.15, 0.2) is 47.4 Å². The molecule has 0 radical (unpaired) electrons. The first-order valence-electron chi connectivity index (χ1n) is 10.4. The Labute approximate surface area is 209 Å². The van der Waals surface area contributed by atoms with Gasteiger partial charge in [-0.05, 0) is 66.2 Å². The van der Waals surface area contributed by atoms with Gasteiger partial charge in [0.25, 0.3) is 5.91 Å². The number of nitrogens with zero attached hydrogens (tertiary/aromatic N) is 1. The predicted octanol–water partition coefficient (Wildman–Crippen LogP) is 6.49. The Morgan fingerprint density at radius 3 is 2.47 bits per heavy atom. The second-order valence-electron chi connectivity index (χ2n) is 7.78. The summed E-state index contributed by atoms with van der Waals surface area (Å²) in [6, 6.07) is 9.46. The maximum atomic E-state index is 14.6. The molecule has 1 aliphatic rings. The Kier molecular flexibility index (Phi) is 7.52. The molecule has 1 amide bonds. The summed E-state index contributed by atoms with van der Waals surface area (Å²) in [5, 5.41) is 20.3. The number of likely N-dealkylation sites (tertiary alicyclic amines) is 1. The minimum atomic E-state index is -0.865. The topological polar surface area (TPSA) is 72.8 Å². The van der Waals surface area contributed by atoms with Crippen molar-refractivity contribution in [1.82, 2.24) is 4.90 Å². The van der Waals surface area contributed by atoms with E-state index in [-0.39, 0.29) is 39.4 Å². The van der Waals surface area contributed by atoms with E-state index in [1.807, 2.05) is 0 Å². The highest BCUT2D eigenvalue weighted by atomic mass is 35.5. The third kappa shape index (κ3) is 5.10. The van der Waals surface area contributed by atoms with Gasteiger partial charge < -0.3 is 19.8 Å². The number of phenolic OH excluding ortho intramolecular Hbond substituents is 1. The molecule has 0 aliphatic carbocycles. The van der Waals surface area contributed by atoms with Gasteiger partial charge in [-0.1, -0.05) is 29.3 Å². The van der Waals surface area contributed by atoms with E-state index < -0.39 is 11.6 Å². The van der Waals surface area contributed by atoms with Crippen LogP contribution in [-0.2, 0) is 6.61 Å². The van der Waals surface area contributed by atoms with Crippen LogP contribution in [0, 0.1) is 11.6 Å². The number of nitrogens with one attached hydrogen (secondary N) is 1. The largest absolute Gasteiger partial charge is 0.505 e. The number of amides is 1. The lowest BCUT2D eigenvalue weighted by atomic mass is 9.99. The maximum Gasteiger partial charge on any atom is 0.253 e. The van der Waals surface area contributed by atoms with Crippen LogP contribution in [0.3, 0.4) is 0 Å². The van der Waals surface area contributed by atoms with Crippen LogP contribution >= 0.6 is 35.1 Å². The predicted molar refractivity (Wildman–Crippen MR) is 130 cm³/mol. The highest BCUT2D eigenvalue weighted by Gasteiger charge is 2.22. The zero-order valence-corrected chi connectivity index (χ0v) is 20.1. The van der Waals surface area contributed by atoms with Gasteiger partial charge in [-0.3, -0.25) is 4.79 Å². The standard InChI is InChI=1S/C24H20Cl2F2N2O3S/c25-15-4-3-13(12-31)16(9-15)17-10-21(20(28)11-19(17)27)29-34-22-8-14(7-18(26)23(22)32)24(33)30-5-1-2-6-30/h3-4,7-11,29,31-32H,1-2,5-6,12H2. The molecule has 0 aromatic heterocycles. The van der Waals surface area contributed by atoms with E-state index in [0.29, 0.717) is 34.8 Å². The van der Waals surface area contributed by atoms with E-state index in [4.69, 9.17) is 23.2 Å². The van der Waals surface area contributed by atoms with Gasteiger partial charge in [0.05, 0.1) is 22.2 Å². The SMILES string of the molecule is O=C(c1cc(Cl)c(O)c(SNc2cc(-c3cc(Cl)ccc3CO)c(F)cc2F)c1)N1CCCC1. The Bertz CT molecular complexity index is 1250. The van der Waals surface area contributed by atoms with Gasteiger partial charge in [-0.25, -0.2) is 8.78 Å². The number of benzene rings is 3. The summed E-state index contributed by atoms with van der Waals surface area (Å²) in [6.45, 7) is 0.951. The molecule has 0 spiro atoms. The third-order valence-electron chi connectivity index (χ3n) is 5.53. The number of hydrogen-bond acceptors (Lipinski definition) is 5. The van der Waals surface area contributed by atoms with Crippen LogP contribution in [0.4, 0.5) is 14.5 Å². The molecule has 0 atom stereocenters. The number of carbonyl (C=O) groups is 1. The van der Waals surface area contributed by atoms with Crippen molar-refractivity contribution in [2.45, 2.75) is 24.3 Å². The number of aliphatic hydroxyl groups is 1. The fourth-order valence-electron chi connectivity index (χ4n) is 3.76. The summed E-state index contributed by atoms with van der Waals surface area (Å²) < 4.78 is 32.0. The van der Waals surface area contributed by atoms with Crippen molar-refractivity contribution in [2.75, 3.05) is 17.8 Å². The van der Waals surface area contributed by atoms with Crippen molar-refractivity contribution >= 4 is 46.7 Å². The van der Waals surface area contributed by atoms with Crippen molar-refractivity contribution in [3.63, 3.8) is 0 Å². The average Bonchev–Trinajstić information content (AvgIpc) is 3.35. The molecule has 0 saturated carbocycles. The van der Waals surface area contributed by atoms with Crippen molar-refractivity contribution in [1.29, 1.82) is 0 Å². The van der Waals surface area contributed by atoms with Crippen LogP contribution in [0.25, 0.3) is 11.1 Å². The molecule has 3 aromatic rings. The molecule has 1 aliphatic heterocycles. The number of aromatic hydroxyl groups is 1. The lowest BCUT2D eigenvalue weighted by molar-refractivity contribution is 0.0792. The highest BCUT2D eigenvalue weighted by Crippen LogP contribution is 2.39. The second kappa shape index (κ2) is 10.4. The van der Waals surface area contributed by atoms with Crippen molar-refractivity contribution in [3.05, 3.63) is 75.3 Å². The molecule has 3 N–H and O–H groups in total. The Morgan fingerprint density at radius 2 is 1.76 bits per heavy atom. The van der Waals surface area contributed by atoms with Gasteiger partial charge in [-0.2, -0.15) is 0 Å². The first kappa shape index (κ1) is 24.6. The number of anilines is 1. The maximum absolute atomic E-state index is 14.6. The molecule has 5 nitrogen and oxygen atoms in total. The van der Waals surface area contributed by atoms with Crippen molar-refractivity contribution < 1.29 is 23.8 Å². The van der Waals surface area contributed by atoms with Gasteiger partial charge in [-0.15, -0.1) is 0 Å². The minimum Gasteiger partial charge on any atom is -0.505 e. The van der Waals surface area contributed by atoms with Crippen LogP contribution < -0.4 is 4.72 Å². The first-order valence-corrected chi connectivity index (χ1v) is 12.0. The molecular weight excluding hydrogens is 505 g/mol. The molecule has 10 heteroatoms. The highest BCUT2D eigenvalue weighted by molar-refractivity contribution is 8.00. The zero-order valence-electron chi connectivity index (χ0n) is 17.7. The first-order chi connectivity index (χ1) is 16.3. The zero-order chi connectivity index (χ0) is 24.4. The fraction of sp³-hybridized carbons (Fsp3) is 0.208. The summed E-state index contributed by atoms with van der Waals surface area (Å²) in [5.41, 5.74) is 1.02. The molecule has 1 heterocycles. The quantitative estimate of drug-likeness (QED) is 0.321. The molecular formula is C24H20Cl2F2N2O3S. The van der Waals surface area contributed by atoms with E-state index in [9.17, 15) is 23.8 Å². The monoisotopic (exact) mass is 524 g/mol. The van der Waals surface area contributed by atoms with Crippen LogP contribution in [0.2, 0.25) is 10.0 Å². The van der Waals surface area contributed by atoms with Crippen LogP contribution in [0.1, 0.15) is 28.8 Å². The van der Waals surface area contributed by atoms with Crippen molar-refractivity contribution in [3.8, 4) is 16.9 Å². The Morgan fingerprint density at radius 1 is 1.03 bits per heavy atom. The van der Waals surface area contributed by atoms with E-state index in [2.05, 4.69) is 4.72 Å². The lowest BCUT2D eigenvalue weighted by Crippen LogP contribution is -2.27. The number of hydrogen-bond donors (Lipinski definition) is 3. The molecule has 34 heavy (non-hydrogen) atoms. The van der Waals surface area contributed by atoms with Crippen LogP contribution in [0.5, 0.6) is 5.75 Å². The summed E-state index contributed by atoms with van der Waals surface area (Å²) in [6.07, 6.45) is 1.86. The average molecular weight is 525 g/mol. The molecule has 178 valence electrons. The van der Waals surface area contributed by atoms with Gasteiger partial charge in [0.1, 0.15) is 17.4 Å². The molecule has 1 fully saturated rings. The van der Waals surface area contributed by atoms with Crippen molar-refractivity contribution in [2.24, 2.45) is 0 Å². The van der Waals surface area contributed by atoms with E-state index in [1.54, 1.807) is 17.0 Å². The number of rotatable bonds is 6. The number of carbonyl (C=O) groups excluding carboxylic acids is 1. The van der Waals surface area contributed by atoms with E-state index in [1.165, 1.54) is 24.3 Å². The molecule has 0 unspecified atom stereocenters. The second-order valence-corrected chi connectivity index (χ2v) is 9.47. The lowest BCUT2D eigenvalue weighted by Gasteiger charge is -2.17. The summed E-state index contributed by atoms with van der Waals surface area (Å²) in [4.78, 5) is 14.7. The molecule has 4 rings (SSSR count). The minimum absolute atomic E-state index is 0.0128. The van der Waals surface area contributed by atoms with Crippen LogP contribution in [-0.4, -0.2) is 34.1 Å². The molecule has 1 saturated heterocycles. The van der Waals surface area contributed by atoms with Gasteiger partial charge in [0.15, 0.2) is 0 Å². The van der Waals surface area contributed by atoms with E-state index >= 15 is 0 Å². The summed E-state index contributed by atoms with van der Waals surface area (Å²) >= 11 is 13.0. The summed E-state index contributed by atoms with van der Waals surface area (Å²) in [5.74, 6) is -2.16. The number of halogens is 4. The third-order valence-corrected chi connectivity index (χ3v) is 6.91. The van der Waals surface area contributed by atoms with E-state index in [0.717, 1.165) is 30.9 Å². The van der Waals surface area contributed by atoms with Gasteiger partial charge in [0.2, 0.25) is 0 Å². The fourth-order valence-corrected chi connectivity index (χ4v) is 4.98. The number of aliphatic hydroxyl groups excluding tert-OH is 1. The smallest absolute Gasteiger partial charge is 0.253 e. The summed E-state index contributed by atoms with van der Waals surface area (Å²) in [7, 11) is 0. The van der Waals surface area contributed by atoms with Gasteiger partial charge >= 0.3 is 0 Å². The molecule has 0 bridgehead atoms.